The summed E-state index contributed by atoms with van der Waals surface area (Å²) in [5.41, 5.74) is 1.58. The van der Waals surface area contributed by atoms with E-state index in [4.69, 9.17) is 20.9 Å². The predicted molar refractivity (Wildman–Crippen MR) is 120 cm³/mol. The van der Waals surface area contributed by atoms with Gasteiger partial charge in [-0.15, -0.1) is 16.4 Å². The average Bonchev–Trinajstić information content (AvgIpc) is 3.43. The van der Waals surface area contributed by atoms with E-state index >= 15 is 0 Å². The van der Waals surface area contributed by atoms with E-state index in [9.17, 15) is 4.79 Å². The number of nitrogens with one attached hydrogen (secondary N) is 1. The van der Waals surface area contributed by atoms with Gasteiger partial charge in [0.25, 0.3) is 0 Å². The van der Waals surface area contributed by atoms with E-state index in [1.165, 1.54) is 11.3 Å². The lowest BCUT2D eigenvalue weighted by molar-refractivity contribution is 0.151. The Labute approximate surface area is 190 Å². The van der Waals surface area contributed by atoms with Crippen LogP contribution in [0, 0.1) is 6.92 Å². The van der Waals surface area contributed by atoms with Gasteiger partial charge in [0, 0.05) is 43.0 Å². The van der Waals surface area contributed by atoms with Crippen LogP contribution in [0.4, 0.5) is 4.79 Å². The van der Waals surface area contributed by atoms with Gasteiger partial charge in [-0.1, -0.05) is 16.8 Å². The monoisotopic (exact) mass is 463 g/mol. The van der Waals surface area contributed by atoms with Crippen LogP contribution < -0.4 is 10.1 Å². The first-order valence-corrected chi connectivity index (χ1v) is 11.5. The first-order valence-electron chi connectivity index (χ1n) is 10.4. The average molecular weight is 464 g/mol. The summed E-state index contributed by atoms with van der Waals surface area (Å²) >= 11 is 7.42. The maximum absolute atomic E-state index is 12.3. The summed E-state index contributed by atoms with van der Waals surface area (Å²) in [5, 5.41) is 11.4. The van der Waals surface area contributed by atoms with Crippen molar-refractivity contribution in [3.05, 3.63) is 40.0 Å². The Balaban J connectivity index is 1.32. The number of likely N-dealkylation sites (tertiary alicyclic amines) is 1. The smallest absolute Gasteiger partial charge is 0.390 e. The Hall–Kier alpha value is -2.36. The summed E-state index contributed by atoms with van der Waals surface area (Å²) < 4.78 is 13.3. The van der Waals surface area contributed by atoms with Gasteiger partial charge in [0.2, 0.25) is 5.88 Å². The molecule has 8 nitrogen and oxygen atoms in total. The molecule has 31 heavy (non-hydrogen) atoms. The molecule has 1 N–H and O–H groups in total. The van der Waals surface area contributed by atoms with Crippen molar-refractivity contribution in [1.29, 1.82) is 0 Å². The molecule has 0 saturated carbocycles. The van der Waals surface area contributed by atoms with Gasteiger partial charge in [-0.25, -0.2) is 4.79 Å². The molecule has 10 heteroatoms. The van der Waals surface area contributed by atoms with E-state index in [1.54, 1.807) is 10.7 Å². The molecule has 1 amide bonds. The third-order valence-corrected chi connectivity index (χ3v) is 6.67. The van der Waals surface area contributed by atoms with E-state index in [0.29, 0.717) is 22.7 Å². The molecule has 1 aliphatic heterocycles. The molecule has 4 heterocycles. The van der Waals surface area contributed by atoms with Gasteiger partial charge in [-0.2, -0.15) is 0 Å². The molecule has 166 valence electrons. The maximum atomic E-state index is 12.3. The van der Waals surface area contributed by atoms with Gasteiger partial charge in [-0.05, 0) is 45.7 Å². The zero-order valence-corrected chi connectivity index (χ0v) is 19.4. The Morgan fingerprint density at radius 1 is 1.35 bits per heavy atom. The lowest BCUT2D eigenvalue weighted by Gasteiger charge is -2.34. The van der Waals surface area contributed by atoms with E-state index in [2.05, 4.69) is 34.3 Å². The third-order valence-electron chi connectivity index (χ3n) is 5.42. The van der Waals surface area contributed by atoms with Crippen LogP contribution in [0.3, 0.4) is 0 Å². The molecule has 0 spiro atoms. The minimum Gasteiger partial charge on any atom is -0.390 e. The number of aromatic nitrogens is 3. The first-order chi connectivity index (χ1) is 14.9. The SMILES string of the molecule is Cc1cc(OC(=O)NC2CCN(C(C)C)CC2)nn1Cc1cc(-c2ccc(Cl)s2)on1. The largest absolute Gasteiger partial charge is 0.414 e. The number of carbonyl (C=O) groups is 1. The molecule has 0 aromatic carbocycles. The van der Waals surface area contributed by atoms with Crippen molar-refractivity contribution in [3.63, 3.8) is 0 Å². The molecule has 0 unspecified atom stereocenters. The molecule has 3 aromatic heterocycles. The number of aryl methyl sites for hydroxylation is 1. The van der Waals surface area contributed by atoms with Crippen LogP contribution in [0.25, 0.3) is 10.6 Å². The number of amides is 1. The molecule has 1 fully saturated rings. The summed E-state index contributed by atoms with van der Waals surface area (Å²) in [5.74, 6) is 0.930. The molecule has 3 aromatic rings. The molecule has 1 aliphatic rings. The van der Waals surface area contributed by atoms with E-state index in [-0.39, 0.29) is 11.9 Å². The number of nitrogens with zero attached hydrogens (tertiary/aromatic N) is 4. The van der Waals surface area contributed by atoms with Crippen LogP contribution in [0.1, 0.15) is 38.1 Å². The number of hydrogen-bond acceptors (Lipinski definition) is 7. The lowest BCUT2D eigenvalue weighted by atomic mass is 10.0. The van der Waals surface area contributed by atoms with E-state index < -0.39 is 6.09 Å². The molecule has 0 bridgehead atoms. The van der Waals surface area contributed by atoms with Gasteiger partial charge in [0.05, 0.1) is 15.8 Å². The normalized spacial score (nSPS) is 15.5. The van der Waals surface area contributed by atoms with Crippen molar-refractivity contribution in [3.8, 4) is 16.5 Å². The second-order valence-corrected chi connectivity index (χ2v) is 9.72. The van der Waals surface area contributed by atoms with E-state index in [0.717, 1.165) is 42.2 Å². The molecule has 0 radical (unpaired) electrons. The van der Waals surface area contributed by atoms with Crippen LogP contribution in [-0.4, -0.2) is 51.1 Å². The summed E-state index contributed by atoms with van der Waals surface area (Å²) in [6, 6.07) is 7.98. The Bertz CT molecular complexity index is 1040. The molecular weight excluding hydrogens is 438 g/mol. The van der Waals surface area contributed by atoms with Crippen molar-refractivity contribution < 1.29 is 14.1 Å². The van der Waals surface area contributed by atoms with Gasteiger partial charge >= 0.3 is 6.09 Å². The number of rotatable bonds is 6. The van der Waals surface area contributed by atoms with Gasteiger partial charge in [-0.3, -0.25) is 4.68 Å². The minimum absolute atomic E-state index is 0.130. The van der Waals surface area contributed by atoms with Crippen molar-refractivity contribution in [2.45, 2.75) is 52.2 Å². The Morgan fingerprint density at radius 3 is 2.81 bits per heavy atom. The summed E-state index contributed by atoms with van der Waals surface area (Å²) in [6.07, 6.45) is 1.38. The topological polar surface area (TPSA) is 85.4 Å². The number of carbonyl (C=O) groups excluding carboxylic acids is 1. The van der Waals surface area contributed by atoms with Crippen LogP contribution in [0.15, 0.2) is 28.8 Å². The summed E-state index contributed by atoms with van der Waals surface area (Å²) in [4.78, 5) is 15.6. The second kappa shape index (κ2) is 9.42. The van der Waals surface area contributed by atoms with Crippen molar-refractivity contribution >= 4 is 29.0 Å². The van der Waals surface area contributed by atoms with Crippen LogP contribution >= 0.6 is 22.9 Å². The van der Waals surface area contributed by atoms with Crippen LogP contribution in [0.2, 0.25) is 4.34 Å². The molecule has 4 rings (SSSR count). The van der Waals surface area contributed by atoms with Crippen molar-refractivity contribution in [2.24, 2.45) is 0 Å². The zero-order chi connectivity index (χ0) is 22.0. The minimum atomic E-state index is -0.467. The fourth-order valence-electron chi connectivity index (χ4n) is 3.64. The van der Waals surface area contributed by atoms with Gasteiger partial charge < -0.3 is 19.5 Å². The Kier molecular flexibility index (Phi) is 6.64. The molecule has 1 saturated heterocycles. The zero-order valence-electron chi connectivity index (χ0n) is 17.8. The number of hydrogen-bond donors (Lipinski definition) is 1. The lowest BCUT2D eigenvalue weighted by Crippen LogP contribution is -2.47. The fraction of sp³-hybridized carbons (Fsp3) is 0.476. The van der Waals surface area contributed by atoms with Crippen molar-refractivity contribution in [2.75, 3.05) is 13.1 Å². The summed E-state index contributed by atoms with van der Waals surface area (Å²) in [7, 11) is 0. The molecular formula is C21H26ClN5O3S. The predicted octanol–water partition coefficient (Wildman–Crippen LogP) is 4.57. The third kappa shape index (κ3) is 5.47. The van der Waals surface area contributed by atoms with Gasteiger partial charge in [0.15, 0.2) is 5.76 Å². The molecule has 0 aliphatic carbocycles. The number of thiophene rings is 1. The molecule has 0 atom stereocenters. The quantitative estimate of drug-likeness (QED) is 0.576. The second-order valence-electron chi connectivity index (χ2n) is 8.01. The highest BCUT2D eigenvalue weighted by molar-refractivity contribution is 7.19. The van der Waals surface area contributed by atoms with Crippen LogP contribution in [0.5, 0.6) is 5.88 Å². The highest BCUT2D eigenvalue weighted by atomic mass is 35.5. The highest BCUT2D eigenvalue weighted by Gasteiger charge is 2.23. The number of piperidine rings is 1. The van der Waals surface area contributed by atoms with E-state index in [1.807, 2.05) is 25.1 Å². The Morgan fingerprint density at radius 2 is 2.13 bits per heavy atom. The number of ether oxygens (including phenoxy) is 1. The fourth-order valence-corrected chi connectivity index (χ4v) is 4.64. The highest BCUT2D eigenvalue weighted by Crippen LogP contribution is 2.31. The van der Waals surface area contributed by atoms with Gasteiger partial charge in [0.1, 0.15) is 5.69 Å². The maximum Gasteiger partial charge on any atom is 0.414 e. The first kappa shape index (κ1) is 21.9. The standard InChI is InChI=1S/C21H26ClN5O3S/c1-13(2)26-8-6-15(7-9-26)23-21(28)29-20-10-14(3)27(24-20)12-16-11-17(30-25-16)18-4-5-19(22)31-18/h4-5,10-11,13,15H,6-9,12H2,1-3H3,(H,23,28). The number of halogens is 1. The summed E-state index contributed by atoms with van der Waals surface area (Å²) in [6.45, 7) is 8.66. The van der Waals surface area contributed by atoms with Crippen LogP contribution in [-0.2, 0) is 6.54 Å². The van der Waals surface area contributed by atoms with Crippen molar-refractivity contribution in [1.82, 2.24) is 25.2 Å².